The number of nitrogens with two attached hydrogens (primary N) is 1. The van der Waals surface area contributed by atoms with Crippen molar-refractivity contribution in [2.75, 3.05) is 5.73 Å². The molecule has 48 heavy (non-hydrogen) atoms. The Balaban J connectivity index is 1.55. The van der Waals surface area contributed by atoms with Crippen LogP contribution < -0.4 is 15.8 Å². The number of pyridine rings is 1. The average molecular weight is 678 g/mol. The molecule has 0 radical (unpaired) electrons. The van der Waals surface area contributed by atoms with Gasteiger partial charge in [0.1, 0.15) is 11.6 Å². The van der Waals surface area contributed by atoms with Gasteiger partial charge in [-0.15, -0.1) is 0 Å². The van der Waals surface area contributed by atoms with Gasteiger partial charge < -0.3 is 25.6 Å². The number of carboxylic acid groups (broad SMARTS) is 1. The summed E-state index contributed by atoms with van der Waals surface area (Å²) in [7, 11) is 0. The number of nitrogens with one attached hydrogen (secondary N) is 1. The minimum Gasteiger partial charge on any atom is -0.480 e. The van der Waals surface area contributed by atoms with Crippen LogP contribution in [0.15, 0.2) is 73.1 Å². The number of rotatable bonds is 9. The first-order valence-electron chi connectivity index (χ1n) is 14.1. The molecule has 2 aromatic heterocycles. The van der Waals surface area contributed by atoms with E-state index < -0.39 is 65.1 Å². The number of nitrogens with zero attached hydrogens (tertiary/aromatic N) is 3. The van der Waals surface area contributed by atoms with Crippen molar-refractivity contribution in [2.24, 2.45) is 0 Å². The fourth-order valence-corrected chi connectivity index (χ4v) is 4.50. The quantitative estimate of drug-likeness (QED) is 0.159. The number of carbonyl (C=O) groups excluding carboxylic acids is 1. The first kappa shape index (κ1) is 35.4. The van der Waals surface area contributed by atoms with Crippen molar-refractivity contribution < 1.29 is 50.5 Å². The van der Waals surface area contributed by atoms with Crippen molar-refractivity contribution >= 4 is 18.0 Å². The minimum atomic E-state index is -4.97. The van der Waals surface area contributed by atoms with Crippen LogP contribution in [-0.4, -0.2) is 49.9 Å². The lowest BCUT2D eigenvalue weighted by Crippen LogP contribution is -2.44. The maximum Gasteiger partial charge on any atom is 0.429 e. The van der Waals surface area contributed by atoms with E-state index in [1.165, 1.54) is 24.3 Å². The number of hydrogen-bond donors (Lipinski definition) is 3. The Kier molecular flexibility index (Phi) is 10.2. The van der Waals surface area contributed by atoms with Crippen LogP contribution >= 0.6 is 0 Å². The molecule has 0 spiro atoms. The molecule has 0 aliphatic carbocycles. The van der Waals surface area contributed by atoms with Gasteiger partial charge in [-0.3, -0.25) is 4.98 Å². The van der Waals surface area contributed by atoms with Crippen molar-refractivity contribution in [3.05, 3.63) is 89.7 Å². The number of halogens is 6. The summed E-state index contributed by atoms with van der Waals surface area (Å²) in [6.45, 7) is 4.88. The maximum atomic E-state index is 14.2. The normalized spacial score (nSPS) is 13.4. The predicted octanol–water partition coefficient (Wildman–Crippen LogP) is 7.01. The molecule has 0 aliphatic heterocycles. The smallest absolute Gasteiger partial charge is 0.429 e. The van der Waals surface area contributed by atoms with Gasteiger partial charge in [0.15, 0.2) is 0 Å². The summed E-state index contributed by atoms with van der Waals surface area (Å²) in [4.78, 5) is 35.3. The van der Waals surface area contributed by atoms with Crippen LogP contribution in [0.4, 0.5) is 37.1 Å². The van der Waals surface area contributed by atoms with E-state index in [9.17, 15) is 41.0 Å². The number of alkyl halides is 6. The summed E-state index contributed by atoms with van der Waals surface area (Å²) in [6, 6.07) is 10.9. The lowest BCUT2D eigenvalue weighted by Gasteiger charge is -2.22. The monoisotopic (exact) mass is 677 g/mol. The van der Waals surface area contributed by atoms with E-state index in [0.717, 1.165) is 48.8 Å². The minimum absolute atomic E-state index is 0.00703. The van der Waals surface area contributed by atoms with E-state index in [4.69, 9.17) is 15.2 Å². The largest absolute Gasteiger partial charge is 0.480 e. The van der Waals surface area contributed by atoms with E-state index in [1.54, 1.807) is 20.8 Å². The standard InChI is InChI=1S/C32H29F6N5O5/c1-30(2,3)48-29(46)42-24(27(44)45)14-17-4-6-19(7-5-17)23-15-25(43-28(39)41-23)47-26(32(36,37)38)20-10-8-18(9-11-20)21-16-40-13-12-22(21)31(33,34)35/h4-13,15-16,24,26H,14H2,1-3H3,(H,42,46)(H,44,45)(H2,39,41,43)/t24-,26-/m0/s1. The van der Waals surface area contributed by atoms with Crippen LogP contribution in [0.1, 0.15) is 43.6 Å². The molecule has 0 bridgehead atoms. The van der Waals surface area contributed by atoms with Gasteiger partial charge in [-0.1, -0.05) is 48.5 Å². The SMILES string of the molecule is CC(C)(C)OC(=O)N[C@@H](Cc1ccc(-c2cc(O[C@@H](c3ccc(-c4cnccc4C(F)(F)F)cc3)C(F)(F)F)nc(N)n2)cc1)C(=O)O. The molecule has 4 rings (SSSR count). The second-order valence-electron chi connectivity index (χ2n) is 11.5. The molecule has 0 unspecified atom stereocenters. The number of hydrogen-bond acceptors (Lipinski definition) is 8. The molecule has 4 N–H and O–H groups in total. The maximum absolute atomic E-state index is 14.2. The van der Waals surface area contributed by atoms with E-state index in [1.807, 2.05) is 0 Å². The highest BCUT2D eigenvalue weighted by molar-refractivity contribution is 5.80. The van der Waals surface area contributed by atoms with Gasteiger partial charge in [-0.25, -0.2) is 14.6 Å². The van der Waals surface area contributed by atoms with Crippen LogP contribution in [0.25, 0.3) is 22.4 Å². The van der Waals surface area contributed by atoms with Crippen molar-refractivity contribution in [3.8, 4) is 28.3 Å². The molecule has 10 nitrogen and oxygen atoms in total. The number of amides is 1. The molecule has 0 fully saturated rings. The first-order valence-corrected chi connectivity index (χ1v) is 14.1. The van der Waals surface area contributed by atoms with Crippen LogP contribution in [0, 0.1) is 0 Å². The second-order valence-corrected chi connectivity index (χ2v) is 11.5. The molecule has 0 aliphatic rings. The Morgan fingerprint density at radius 2 is 1.54 bits per heavy atom. The first-order chi connectivity index (χ1) is 22.3. The summed E-state index contributed by atoms with van der Waals surface area (Å²) in [6.07, 6.45) is -11.3. The van der Waals surface area contributed by atoms with Crippen molar-refractivity contribution in [3.63, 3.8) is 0 Å². The third-order valence-electron chi connectivity index (χ3n) is 6.59. The number of aromatic nitrogens is 3. The summed E-state index contributed by atoms with van der Waals surface area (Å²) in [5, 5.41) is 11.8. The van der Waals surface area contributed by atoms with Crippen LogP contribution in [0.5, 0.6) is 5.88 Å². The fourth-order valence-electron chi connectivity index (χ4n) is 4.50. The van der Waals surface area contributed by atoms with Gasteiger partial charge in [0.2, 0.25) is 17.9 Å². The van der Waals surface area contributed by atoms with Gasteiger partial charge in [0.05, 0.1) is 11.3 Å². The summed E-state index contributed by atoms with van der Waals surface area (Å²) < 4.78 is 93.3. The van der Waals surface area contributed by atoms with Gasteiger partial charge in [-0.05, 0) is 38.0 Å². The zero-order valence-corrected chi connectivity index (χ0v) is 25.6. The van der Waals surface area contributed by atoms with E-state index in [0.29, 0.717) is 11.1 Å². The third-order valence-corrected chi connectivity index (χ3v) is 6.59. The highest BCUT2D eigenvalue weighted by atomic mass is 19.4. The Morgan fingerprint density at radius 1 is 0.917 bits per heavy atom. The van der Waals surface area contributed by atoms with Crippen molar-refractivity contribution in [2.45, 2.75) is 57.3 Å². The summed E-state index contributed by atoms with van der Waals surface area (Å²) in [5.74, 6) is -2.24. The van der Waals surface area contributed by atoms with Crippen LogP contribution in [-0.2, 0) is 22.1 Å². The molecule has 254 valence electrons. The number of benzene rings is 2. The lowest BCUT2D eigenvalue weighted by atomic mass is 9.99. The lowest BCUT2D eigenvalue weighted by molar-refractivity contribution is -0.198. The number of ether oxygens (including phenoxy) is 2. The molecule has 2 atom stereocenters. The van der Waals surface area contributed by atoms with Crippen LogP contribution in [0.3, 0.4) is 0 Å². The van der Waals surface area contributed by atoms with Gasteiger partial charge >= 0.3 is 24.4 Å². The molecular formula is C32H29F6N5O5. The molecule has 1 amide bonds. The van der Waals surface area contributed by atoms with Gasteiger partial charge in [0, 0.05) is 41.6 Å². The zero-order chi connectivity index (χ0) is 35.4. The van der Waals surface area contributed by atoms with Gasteiger partial charge in [0.25, 0.3) is 0 Å². The number of nitrogen functional groups attached to an aromatic ring is 1. The summed E-state index contributed by atoms with van der Waals surface area (Å²) in [5.41, 5.74) is 4.15. The highest BCUT2D eigenvalue weighted by Crippen LogP contribution is 2.40. The van der Waals surface area contributed by atoms with E-state index in [2.05, 4.69) is 20.3 Å². The van der Waals surface area contributed by atoms with Crippen LogP contribution in [0.2, 0.25) is 0 Å². The number of alkyl carbamates (subject to hydrolysis) is 1. The predicted molar refractivity (Wildman–Crippen MR) is 160 cm³/mol. The fraction of sp³-hybridized carbons (Fsp3) is 0.281. The Bertz CT molecular complexity index is 1760. The van der Waals surface area contributed by atoms with Crippen molar-refractivity contribution in [1.29, 1.82) is 0 Å². The molecular weight excluding hydrogens is 648 g/mol. The highest BCUT2D eigenvalue weighted by Gasteiger charge is 2.43. The van der Waals surface area contributed by atoms with Crippen molar-refractivity contribution in [1.82, 2.24) is 20.3 Å². The number of anilines is 1. The Morgan fingerprint density at radius 3 is 2.10 bits per heavy atom. The van der Waals surface area contributed by atoms with E-state index in [-0.39, 0.29) is 23.2 Å². The number of aliphatic carboxylic acids is 1. The molecule has 4 aromatic rings. The second kappa shape index (κ2) is 13.8. The zero-order valence-electron chi connectivity index (χ0n) is 25.6. The molecule has 0 saturated carbocycles. The summed E-state index contributed by atoms with van der Waals surface area (Å²) >= 11 is 0. The molecule has 2 heterocycles. The Hall–Kier alpha value is -5.41. The van der Waals surface area contributed by atoms with Gasteiger partial charge in [-0.2, -0.15) is 31.3 Å². The third kappa shape index (κ3) is 9.33. The number of carbonyl (C=O) groups is 2. The topological polar surface area (TPSA) is 150 Å². The molecule has 0 saturated heterocycles. The molecule has 16 heteroatoms. The van der Waals surface area contributed by atoms with E-state index >= 15 is 0 Å². The molecule has 2 aromatic carbocycles. The Labute approximate surface area is 270 Å². The average Bonchev–Trinajstić information content (AvgIpc) is 2.98. The number of carboxylic acids is 1.